The monoisotopic (exact) mass is 739 g/mol. The van der Waals surface area contributed by atoms with Crippen molar-refractivity contribution in [3.63, 3.8) is 0 Å². The summed E-state index contributed by atoms with van der Waals surface area (Å²) in [5.74, 6) is 1.01. The van der Waals surface area contributed by atoms with Gasteiger partial charge < -0.3 is 24.3 Å². The Kier molecular flexibility index (Phi) is 12.4. The predicted octanol–water partition coefficient (Wildman–Crippen LogP) is 5.35. The fourth-order valence-electron chi connectivity index (χ4n) is 6.81. The number of tetrazole rings is 1. The fourth-order valence-corrected chi connectivity index (χ4v) is 6.81. The van der Waals surface area contributed by atoms with E-state index in [1.807, 2.05) is 17.8 Å². The van der Waals surface area contributed by atoms with Gasteiger partial charge in [0.25, 0.3) is 5.88 Å². The van der Waals surface area contributed by atoms with E-state index in [-0.39, 0.29) is 44.0 Å². The average molecular weight is 740 g/mol. The zero-order valence-electron chi connectivity index (χ0n) is 29.9. The number of hydrogen-bond donors (Lipinski definition) is 1. The van der Waals surface area contributed by atoms with Crippen LogP contribution in [-0.2, 0) is 16.0 Å². The Morgan fingerprint density at radius 3 is 2.45 bits per heavy atom. The molecule has 1 aromatic carbocycles. The maximum atomic E-state index is 12.5. The summed E-state index contributed by atoms with van der Waals surface area (Å²) in [4.78, 5) is 11.6. The molecule has 1 saturated heterocycles. The average Bonchev–Trinajstić information content (AvgIpc) is 3.79. The maximum Gasteiger partial charge on any atom is 0.411 e. The van der Waals surface area contributed by atoms with Crippen LogP contribution in [0.2, 0.25) is 0 Å². The van der Waals surface area contributed by atoms with Crippen molar-refractivity contribution in [1.82, 2.24) is 44.9 Å². The van der Waals surface area contributed by atoms with E-state index >= 15 is 0 Å². The normalized spacial score (nSPS) is 21.5. The molecule has 4 heterocycles. The summed E-state index contributed by atoms with van der Waals surface area (Å²) >= 11 is 0. The molecule has 1 N–H and O–H groups in total. The van der Waals surface area contributed by atoms with Gasteiger partial charge in [-0.2, -0.15) is 18.4 Å². The van der Waals surface area contributed by atoms with Crippen molar-refractivity contribution in [3.8, 4) is 28.8 Å². The highest BCUT2D eigenvalue weighted by Gasteiger charge is 2.32. The van der Waals surface area contributed by atoms with Crippen molar-refractivity contribution in [1.29, 1.82) is 5.26 Å². The molecule has 4 aromatic rings. The van der Waals surface area contributed by atoms with E-state index in [1.54, 1.807) is 35.3 Å². The molecule has 53 heavy (non-hydrogen) atoms. The molecule has 1 aliphatic heterocycles. The van der Waals surface area contributed by atoms with Crippen LogP contribution in [-0.4, -0.2) is 108 Å². The van der Waals surface area contributed by atoms with Crippen molar-refractivity contribution < 1.29 is 32.1 Å². The van der Waals surface area contributed by atoms with E-state index in [4.69, 9.17) is 24.0 Å². The summed E-state index contributed by atoms with van der Waals surface area (Å²) in [7, 11) is 0. The molecule has 3 aromatic heterocycles. The number of alkyl halides is 3. The molecule has 284 valence electrons. The zero-order chi connectivity index (χ0) is 37.4. The second kappa shape index (κ2) is 17.3. The third-order valence-corrected chi connectivity index (χ3v) is 9.14. The van der Waals surface area contributed by atoms with Gasteiger partial charge >= 0.3 is 6.18 Å². The summed E-state index contributed by atoms with van der Waals surface area (Å²) in [5.41, 5.74) is 2.37. The number of morpholine rings is 1. The van der Waals surface area contributed by atoms with E-state index in [1.165, 1.54) is 6.33 Å². The van der Waals surface area contributed by atoms with Crippen LogP contribution in [0.4, 0.5) is 24.8 Å². The lowest BCUT2D eigenvalue weighted by Crippen LogP contribution is -2.51. The van der Waals surface area contributed by atoms with Crippen molar-refractivity contribution in [2.45, 2.75) is 96.0 Å². The maximum absolute atomic E-state index is 12.5. The first-order valence-electron chi connectivity index (χ1n) is 17.8. The number of aromatic nitrogens is 8. The minimum Gasteiger partial charge on any atom is -0.487 e. The van der Waals surface area contributed by atoms with Crippen LogP contribution < -0.4 is 14.8 Å². The predicted molar refractivity (Wildman–Crippen MR) is 185 cm³/mol. The topological polar surface area (TPSA) is 163 Å². The molecule has 0 amide bonds. The van der Waals surface area contributed by atoms with Crippen LogP contribution in [0.15, 0.2) is 43.1 Å². The van der Waals surface area contributed by atoms with Gasteiger partial charge in [0, 0.05) is 43.5 Å². The number of halogens is 3. The summed E-state index contributed by atoms with van der Waals surface area (Å²) in [6.07, 6.45) is 6.60. The van der Waals surface area contributed by atoms with Gasteiger partial charge in [-0.15, -0.1) is 10.2 Å². The van der Waals surface area contributed by atoms with Gasteiger partial charge in [-0.1, -0.05) is 6.07 Å². The van der Waals surface area contributed by atoms with Gasteiger partial charge in [0.15, 0.2) is 0 Å². The Labute approximate surface area is 305 Å². The first-order chi connectivity index (χ1) is 25.5. The van der Waals surface area contributed by atoms with Crippen molar-refractivity contribution in [2.24, 2.45) is 0 Å². The number of anilines is 2. The lowest BCUT2D eigenvalue weighted by atomic mass is 9.89. The first kappa shape index (κ1) is 37.9. The fraction of sp³-hybridized carbons (Fsp3) is 0.571. The molecule has 18 heteroatoms. The zero-order valence-corrected chi connectivity index (χ0v) is 29.9. The van der Waals surface area contributed by atoms with Gasteiger partial charge in [-0.25, -0.2) is 14.6 Å². The molecule has 0 bridgehead atoms. The highest BCUT2D eigenvalue weighted by atomic mass is 19.4. The van der Waals surface area contributed by atoms with Crippen LogP contribution in [0.1, 0.15) is 64.5 Å². The Morgan fingerprint density at radius 1 is 1.04 bits per heavy atom. The minimum absolute atomic E-state index is 0.101. The number of hydrogen-bond acceptors (Lipinski definition) is 13. The Morgan fingerprint density at radius 2 is 1.77 bits per heavy atom. The number of ether oxygens (including phenoxy) is 4. The number of nitrogens with one attached hydrogen (secondary N) is 1. The molecule has 2 fully saturated rings. The van der Waals surface area contributed by atoms with Crippen molar-refractivity contribution in [2.75, 3.05) is 38.2 Å². The molecule has 1 saturated carbocycles. The lowest BCUT2D eigenvalue weighted by Gasteiger charge is -2.42. The van der Waals surface area contributed by atoms with Crippen LogP contribution in [0.25, 0.3) is 11.1 Å². The summed E-state index contributed by atoms with van der Waals surface area (Å²) < 4.78 is 63.6. The summed E-state index contributed by atoms with van der Waals surface area (Å²) in [6.45, 7) is 7.07. The quantitative estimate of drug-likeness (QED) is 0.155. The molecule has 15 nitrogen and oxygen atoms in total. The SMILES string of the molecule is C[C@@H]1CN(C2CCC(n3cc(Nc4ncc(-c5ccc(C#N)c(O[C@@H](C)Cn6cnnn6)c5)cn4)c(OCCCOCC(F)(F)F)n3)CC2)C[C@H](C)O1. The van der Waals surface area contributed by atoms with Crippen molar-refractivity contribution >= 4 is 11.6 Å². The number of rotatable bonds is 15. The number of nitriles is 1. The van der Waals surface area contributed by atoms with Gasteiger partial charge in [0.05, 0.1) is 49.8 Å². The van der Waals surface area contributed by atoms with Gasteiger partial charge in [-0.05, 0) is 74.6 Å². The van der Waals surface area contributed by atoms with Crippen molar-refractivity contribution in [3.05, 3.63) is 48.7 Å². The summed E-state index contributed by atoms with van der Waals surface area (Å²) in [5, 5.41) is 28.8. The highest BCUT2D eigenvalue weighted by molar-refractivity contribution is 5.67. The van der Waals surface area contributed by atoms with Gasteiger partial charge in [0.1, 0.15) is 36.5 Å². The van der Waals surface area contributed by atoms with Gasteiger partial charge in [-0.3, -0.25) is 9.58 Å². The van der Waals surface area contributed by atoms with E-state index in [2.05, 4.69) is 55.6 Å². The third-order valence-electron chi connectivity index (χ3n) is 9.14. The van der Waals surface area contributed by atoms with Crippen LogP contribution in [0, 0.1) is 11.3 Å². The van der Waals surface area contributed by atoms with E-state index < -0.39 is 12.8 Å². The van der Waals surface area contributed by atoms with Crippen LogP contribution >= 0.6 is 0 Å². The Balaban J connectivity index is 1.12. The largest absolute Gasteiger partial charge is 0.487 e. The third kappa shape index (κ3) is 10.6. The highest BCUT2D eigenvalue weighted by Crippen LogP contribution is 2.35. The Hall–Kier alpha value is -4.86. The van der Waals surface area contributed by atoms with Gasteiger partial charge in [0.2, 0.25) is 5.95 Å². The standard InChI is InChI=1S/C35H44F3N11O4/c1-23-17-47(18-24(2)52-23)29-7-9-30(10-8-29)49-20-31(33(44-49)51-12-4-11-50-21-35(36,37)38)43-34-40-15-28(16-41-34)26-5-6-27(14-39)32(13-26)53-25(3)19-48-22-42-45-46-48/h5-6,13,15-16,20,22-25,29-30H,4,7-12,17-19,21H2,1-3H3,(H,40,41,43)/t23-,24+,25-,29?,30?/m0/s1. The summed E-state index contributed by atoms with van der Waals surface area (Å²) in [6, 6.07) is 8.06. The smallest absolute Gasteiger partial charge is 0.411 e. The second-order valence-electron chi connectivity index (χ2n) is 13.6. The van der Waals surface area contributed by atoms with E-state index in [9.17, 15) is 18.4 Å². The molecule has 2 aliphatic rings. The van der Waals surface area contributed by atoms with E-state index in [0.29, 0.717) is 47.0 Å². The molecule has 0 spiro atoms. The van der Waals surface area contributed by atoms with Crippen LogP contribution in [0.5, 0.6) is 11.6 Å². The van der Waals surface area contributed by atoms with Crippen LogP contribution in [0.3, 0.4) is 0 Å². The number of nitrogens with zero attached hydrogens (tertiary/aromatic N) is 10. The molecule has 0 radical (unpaired) electrons. The number of benzene rings is 1. The molecular formula is C35H44F3N11O4. The molecule has 6 rings (SSSR count). The lowest BCUT2D eigenvalue weighted by molar-refractivity contribution is -0.174. The second-order valence-corrected chi connectivity index (χ2v) is 13.6. The molecule has 3 atom stereocenters. The van der Waals surface area contributed by atoms with E-state index in [0.717, 1.165) is 44.3 Å². The molecule has 1 aliphatic carbocycles. The minimum atomic E-state index is -4.38. The first-order valence-corrected chi connectivity index (χ1v) is 17.8. The molecule has 0 unspecified atom stereocenters. The molecular weight excluding hydrogens is 695 g/mol. The Bertz CT molecular complexity index is 1780.